The van der Waals surface area contributed by atoms with Crippen LogP contribution in [0.1, 0.15) is 88.7 Å². The highest BCUT2D eigenvalue weighted by Crippen LogP contribution is 2.39. The zero-order chi connectivity index (χ0) is 24.8. The average molecular weight is 479 g/mol. The molecule has 0 heterocycles. The highest BCUT2D eigenvalue weighted by molar-refractivity contribution is 5.71. The van der Waals surface area contributed by atoms with Gasteiger partial charge in [0.15, 0.2) is 11.6 Å². The Morgan fingerprint density at radius 1 is 0.686 bits per heavy atom. The van der Waals surface area contributed by atoms with Crippen molar-refractivity contribution in [2.45, 2.75) is 84.0 Å². The van der Waals surface area contributed by atoms with Gasteiger partial charge in [0.05, 0.1) is 0 Å². The van der Waals surface area contributed by atoms with Crippen LogP contribution in [0.15, 0.2) is 54.6 Å². The molecule has 186 valence electrons. The molecule has 0 radical (unpaired) electrons. The van der Waals surface area contributed by atoms with Gasteiger partial charge in [-0.1, -0.05) is 88.1 Å². The molecule has 35 heavy (non-hydrogen) atoms. The fourth-order valence-electron chi connectivity index (χ4n) is 5.62. The number of rotatable bonds is 9. The van der Waals surface area contributed by atoms with E-state index in [9.17, 15) is 8.78 Å². The van der Waals surface area contributed by atoms with Crippen LogP contribution in [0.5, 0.6) is 0 Å². The SMILES string of the molecule is CCCCCc1ccc(-c2ccc(-c3ccc(C4CCC(CCC)CC4)c(F)c3)cc2)c(F)c1F. The van der Waals surface area contributed by atoms with Gasteiger partial charge in [-0.3, -0.25) is 0 Å². The monoisotopic (exact) mass is 478 g/mol. The molecule has 0 unspecified atom stereocenters. The molecule has 3 aromatic rings. The number of halogens is 3. The van der Waals surface area contributed by atoms with Crippen LogP contribution in [0.3, 0.4) is 0 Å². The Labute approximate surface area is 208 Å². The van der Waals surface area contributed by atoms with E-state index in [4.69, 9.17) is 0 Å². The highest BCUT2D eigenvalue weighted by atomic mass is 19.2. The van der Waals surface area contributed by atoms with Gasteiger partial charge in [0, 0.05) is 5.56 Å². The summed E-state index contributed by atoms with van der Waals surface area (Å²) < 4.78 is 44.5. The Morgan fingerprint density at radius 3 is 2.03 bits per heavy atom. The molecule has 0 aromatic heterocycles. The first-order valence-electron chi connectivity index (χ1n) is 13.4. The van der Waals surface area contributed by atoms with Gasteiger partial charge in [-0.15, -0.1) is 0 Å². The van der Waals surface area contributed by atoms with Crippen molar-refractivity contribution in [2.24, 2.45) is 5.92 Å². The first kappa shape index (κ1) is 25.5. The minimum absolute atomic E-state index is 0.141. The van der Waals surface area contributed by atoms with Gasteiger partial charge in [-0.2, -0.15) is 0 Å². The Kier molecular flexibility index (Phi) is 8.70. The second-order valence-electron chi connectivity index (χ2n) is 10.2. The third kappa shape index (κ3) is 6.00. The fraction of sp³-hybridized carbons (Fsp3) is 0.438. The maximum Gasteiger partial charge on any atom is 0.166 e. The second kappa shape index (κ2) is 11.9. The predicted octanol–water partition coefficient (Wildman–Crippen LogP) is 10.2. The summed E-state index contributed by atoms with van der Waals surface area (Å²) in [7, 11) is 0. The number of benzene rings is 3. The van der Waals surface area contributed by atoms with Gasteiger partial charge in [0.2, 0.25) is 0 Å². The number of hydrogen-bond acceptors (Lipinski definition) is 0. The van der Waals surface area contributed by atoms with Crippen LogP contribution < -0.4 is 0 Å². The van der Waals surface area contributed by atoms with Crippen LogP contribution in [0.25, 0.3) is 22.3 Å². The molecule has 0 nitrogen and oxygen atoms in total. The minimum Gasteiger partial charge on any atom is -0.207 e. The molecule has 1 saturated carbocycles. The second-order valence-corrected chi connectivity index (χ2v) is 10.2. The van der Waals surface area contributed by atoms with Gasteiger partial charge in [0.25, 0.3) is 0 Å². The lowest BCUT2D eigenvalue weighted by Gasteiger charge is -2.29. The maximum atomic E-state index is 15.1. The third-order valence-corrected chi connectivity index (χ3v) is 7.73. The lowest BCUT2D eigenvalue weighted by Crippen LogP contribution is -2.14. The van der Waals surface area contributed by atoms with E-state index in [-0.39, 0.29) is 11.4 Å². The summed E-state index contributed by atoms with van der Waals surface area (Å²) in [6, 6.07) is 16.2. The molecule has 3 heteroatoms. The Bertz CT molecular complexity index is 1110. The van der Waals surface area contributed by atoms with Gasteiger partial charge in [-0.05, 0) is 84.2 Å². The standard InChI is InChI=1S/C32H37F3/c1-3-5-6-8-26-17-20-29(32(35)31(26)34)25-15-13-23(14-16-25)27-18-19-28(30(33)21-27)24-11-9-22(7-4-2)10-12-24/h13-22,24H,3-12H2,1-2H3. The summed E-state index contributed by atoms with van der Waals surface area (Å²) in [5.41, 5.74) is 3.81. The van der Waals surface area contributed by atoms with Gasteiger partial charge >= 0.3 is 0 Å². The van der Waals surface area contributed by atoms with E-state index < -0.39 is 11.6 Å². The van der Waals surface area contributed by atoms with Crippen molar-refractivity contribution in [1.29, 1.82) is 0 Å². The van der Waals surface area contributed by atoms with Crippen molar-refractivity contribution in [3.05, 3.63) is 83.2 Å². The molecular formula is C32H37F3. The Balaban J connectivity index is 1.47. The van der Waals surface area contributed by atoms with E-state index in [1.54, 1.807) is 30.3 Å². The quantitative estimate of drug-likeness (QED) is 0.268. The molecule has 1 aliphatic carbocycles. The van der Waals surface area contributed by atoms with Crippen molar-refractivity contribution in [1.82, 2.24) is 0 Å². The van der Waals surface area contributed by atoms with Crippen LogP contribution in [-0.4, -0.2) is 0 Å². The van der Waals surface area contributed by atoms with Crippen molar-refractivity contribution in [3.63, 3.8) is 0 Å². The van der Waals surface area contributed by atoms with E-state index >= 15 is 4.39 Å². The predicted molar refractivity (Wildman–Crippen MR) is 140 cm³/mol. The van der Waals surface area contributed by atoms with Gasteiger partial charge in [0.1, 0.15) is 5.82 Å². The van der Waals surface area contributed by atoms with E-state index in [0.29, 0.717) is 23.5 Å². The number of unbranched alkanes of at least 4 members (excludes halogenated alkanes) is 2. The van der Waals surface area contributed by atoms with E-state index in [2.05, 4.69) is 13.8 Å². The molecule has 0 atom stereocenters. The van der Waals surface area contributed by atoms with Crippen LogP contribution in [0, 0.1) is 23.4 Å². The molecule has 3 aromatic carbocycles. The van der Waals surface area contributed by atoms with Crippen molar-refractivity contribution < 1.29 is 13.2 Å². The van der Waals surface area contributed by atoms with E-state index in [1.165, 1.54) is 25.7 Å². The van der Waals surface area contributed by atoms with Crippen LogP contribution in [0.2, 0.25) is 0 Å². The molecule has 4 rings (SSSR count). The van der Waals surface area contributed by atoms with Crippen molar-refractivity contribution in [3.8, 4) is 22.3 Å². The zero-order valence-electron chi connectivity index (χ0n) is 21.1. The Hall–Kier alpha value is -2.55. The van der Waals surface area contributed by atoms with Crippen molar-refractivity contribution >= 4 is 0 Å². The molecule has 0 N–H and O–H groups in total. The molecule has 1 aliphatic rings. The summed E-state index contributed by atoms with van der Waals surface area (Å²) in [4.78, 5) is 0. The van der Waals surface area contributed by atoms with E-state index in [1.807, 2.05) is 24.3 Å². The van der Waals surface area contributed by atoms with Crippen LogP contribution in [-0.2, 0) is 6.42 Å². The first-order chi connectivity index (χ1) is 17.0. The summed E-state index contributed by atoms with van der Waals surface area (Å²) in [6.45, 7) is 4.32. The normalized spacial score (nSPS) is 18.1. The summed E-state index contributed by atoms with van der Waals surface area (Å²) in [5, 5.41) is 0. The molecule has 0 bridgehead atoms. The topological polar surface area (TPSA) is 0 Å². The van der Waals surface area contributed by atoms with E-state index in [0.717, 1.165) is 54.7 Å². The fourth-order valence-corrected chi connectivity index (χ4v) is 5.62. The average Bonchev–Trinajstić information content (AvgIpc) is 2.88. The van der Waals surface area contributed by atoms with Crippen LogP contribution in [0.4, 0.5) is 13.2 Å². The van der Waals surface area contributed by atoms with Crippen LogP contribution >= 0.6 is 0 Å². The third-order valence-electron chi connectivity index (χ3n) is 7.73. The van der Waals surface area contributed by atoms with Gasteiger partial charge < -0.3 is 0 Å². The molecular weight excluding hydrogens is 441 g/mol. The summed E-state index contributed by atoms with van der Waals surface area (Å²) in [6.07, 6.45) is 10.5. The number of aryl methyl sites for hydroxylation is 1. The number of hydrogen-bond donors (Lipinski definition) is 0. The summed E-state index contributed by atoms with van der Waals surface area (Å²) in [5.74, 6) is -0.577. The largest absolute Gasteiger partial charge is 0.207 e. The zero-order valence-corrected chi connectivity index (χ0v) is 21.1. The minimum atomic E-state index is -0.796. The highest BCUT2D eigenvalue weighted by Gasteiger charge is 2.24. The maximum absolute atomic E-state index is 15.1. The molecule has 1 fully saturated rings. The van der Waals surface area contributed by atoms with Crippen molar-refractivity contribution in [2.75, 3.05) is 0 Å². The molecule has 0 aliphatic heterocycles. The smallest absolute Gasteiger partial charge is 0.166 e. The molecule has 0 saturated heterocycles. The first-order valence-corrected chi connectivity index (χ1v) is 13.4. The Morgan fingerprint density at radius 2 is 1.37 bits per heavy atom. The lowest BCUT2D eigenvalue weighted by atomic mass is 9.77. The molecule has 0 amide bonds. The lowest BCUT2D eigenvalue weighted by molar-refractivity contribution is 0.304. The molecule has 0 spiro atoms. The summed E-state index contributed by atoms with van der Waals surface area (Å²) >= 11 is 0. The van der Waals surface area contributed by atoms with Gasteiger partial charge in [-0.25, -0.2) is 13.2 Å².